The molecule has 0 fully saturated rings. The maximum Gasteiger partial charge on any atom is 0.416 e. The number of nitrogens with one attached hydrogen (secondary N) is 1. The van der Waals surface area contributed by atoms with Gasteiger partial charge in [0.2, 0.25) is 5.91 Å². The number of hydrogen-bond donors (Lipinski definition) is 1. The summed E-state index contributed by atoms with van der Waals surface area (Å²) in [5, 5.41) is 2.79. The predicted octanol–water partition coefficient (Wildman–Crippen LogP) is 4.11. The van der Waals surface area contributed by atoms with Crippen molar-refractivity contribution >= 4 is 17.3 Å². The summed E-state index contributed by atoms with van der Waals surface area (Å²) in [4.78, 5) is 14.2. The summed E-state index contributed by atoms with van der Waals surface area (Å²) >= 11 is 0. The normalized spacial score (nSPS) is 13.9. The molecule has 0 unspecified atom stereocenters. The zero-order chi connectivity index (χ0) is 18.7. The van der Waals surface area contributed by atoms with Crippen LogP contribution in [0.5, 0.6) is 5.75 Å². The van der Waals surface area contributed by atoms with Gasteiger partial charge in [-0.25, -0.2) is 0 Å². The topological polar surface area (TPSA) is 41.6 Å². The Morgan fingerprint density at radius 3 is 2.77 bits per heavy atom. The van der Waals surface area contributed by atoms with Crippen molar-refractivity contribution in [2.75, 3.05) is 30.4 Å². The molecule has 7 heteroatoms. The summed E-state index contributed by atoms with van der Waals surface area (Å²) < 4.78 is 43.5. The number of methoxy groups -OCH3 is 1. The number of rotatable bonds is 4. The van der Waals surface area contributed by atoms with E-state index in [9.17, 15) is 18.0 Å². The number of carbonyl (C=O) groups excluding carboxylic acids is 1. The van der Waals surface area contributed by atoms with Gasteiger partial charge in [0, 0.05) is 17.9 Å². The zero-order valence-corrected chi connectivity index (χ0v) is 14.3. The van der Waals surface area contributed by atoms with Crippen molar-refractivity contribution in [2.45, 2.75) is 19.0 Å². The summed E-state index contributed by atoms with van der Waals surface area (Å²) in [5.74, 6) is 0.550. The maximum absolute atomic E-state index is 12.8. The van der Waals surface area contributed by atoms with Crippen molar-refractivity contribution in [3.05, 3.63) is 53.6 Å². The van der Waals surface area contributed by atoms with Crippen molar-refractivity contribution in [3.63, 3.8) is 0 Å². The van der Waals surface area contributed by atoms with E-state index in [0.29, 0.717) is 6.54 Å². The molecule has 0 bridgehead atoms. The summed E-state index contributed by atoms with van der Waals surface area (Å²) in [6.45, 7) is 0.509. The van der Waals surface area contributed by atoms with Crippen LogP contribution in [-0.4, -0.2) is 26.1 Å². The first-order chi connectivity index (χ1) is 12.4. The largest absolute Gasteiger partial charge is 0.497 e. The number of aryl methyl sites for hydroxylation is 1. The predicted molar refractivity (Wildman–Crippen MR) is 93.6 cm³/mol. The Balaban J connectivity index is 1.70. The number of amides is 1. The molecule has 0 spiro atoms. The zero-order valence-electron chi connectivity index (χ0n) is 14.3. The molecule has 1 heterocycles. The van der Waals surface area contributed by atoms with Crippen LogP contribution in [0.1, 0.15) is 17.5 Å². The number of alkyl halides is 3. The second-order valence-corrected chi connectivity index (χ2v) is 6.08. The van der Waals surface area contributed by atoms with E-state index in [1.807, 2.05) is 12.1 Å². The number of benzene rings is 2. The smallest absolute Gasteiger partial charge is 0.416 e. The van der Waals surface area contributed by atoms with Gasteiger partial charge in [-0.3, -0.25) is 4.79 Å². The fourth-order valence-electron chi connectivity index (χ4n) is 3.04. The van der Waals surface area contributed by atoms with E-state index in [1.54, 1.807) is 18.1 Å². The summed E-state index contributed by atoms with van der Waals surface area (Å²) in [5.41, 5.74) is 1.38. The van der Waals surface area contributed by atoms with Crippen molar-refractivity contribution < 1.29 is 22.7 Å². The van der Waals surface area contributed by atoms with E-state index < -0.39 is 11.7 Å². The molecule has 0 saturated carbocycles. The lowest BCUT2D eigenvalue weighted by Gasteiger charge is -2.30. The van der Waals surface area contributed by atoms with Gasteiger partial charge in [-0.05, 0) is 54.8 Å². The summed E-state index contributed by atoms with van der Waals surface area (Å²) in [6.07, 6.45) is -2.72. The van der Waals surface area contributed by atoms with Gasteiger partial charge in [0.05, 0.1) is 19.2 Å². The van der Waals surface area contributed by atoms with E-state index in [4.69, 9.17) is 4.74 Å². The fraction of sp³-hybridized carbons (Fsp3) is 0.316. The quantitative estimate of drug-likeness (QED) is 0.888. The third-order valence-corrected chi connectivity index (χ3v) is 4.34. The van der Waals surface area contributed by atoms with Gasteiger partial charge in [0.25, 0.3) is 0 Å². The van der Waals surface area contributed by atoms with Crippen LogP contribution in [0.25, 0.3) is 0 Å². The molecule has 2 aromatic carbocycles. The van der Waals surface area contributed by atoms with Gasteiger partial charge < -0.3 is 15.0 Å². The van der Waals surface area contributed by atoms with Crippen LogP contribution < -0.4 is 15.0 Å². The van der Waals surface area contributed by atoms with Crippen molar-refractivity contribution in [1.29, 1.82) is 0 Å². The molecule has 1 amide bonds. The van der Waals surface area contributed by atoms with Gasteiger partial charge in [0.15, 0.2) is 0 Å². The van der Waals surface area contributed by atoms with Crippen LogP contribution in [0.3, 0.4) is 0 Å². The Bertz CT molecular complexity index is 806. The lowest BCUT2D eigenvalue weighted by molar-refractivity contribution is -0.137. The third kappa shape index (κ3) is 3.92. The highest BCUT2D eigenvalue weighted by Gasteiger charge is 2.30. The van der Waals surface area contributed by atoms with Crippen LogP contribution in [0, 0.1) is 0 Å². The molecular formula is C19H19F3N2O2. The molecule has 0 atom stereocenters. The molecule has 1 N–H and O–H groups in total. The third-order valence-electron chi connectivity index (χ3n) is 4.34. The minimum absolute atomic E-state index is 0.0766. The van der Waals surface area contributed by atoms with Crippen molar-refractivity contribution in [2.24, 2.45) is 0 Å². The Morgan fingerprint density at radius 1 is 1.23 bits per heavy atom. The number of hydrogen-bond acceptors (Lipinski definition) is 3. The summed E-state index contributed by atoms with van der Waals surface area (Å²) in [6, 6.07) is 10.4. The van der Waals surface area contributed by atoms with E-state index in [1.165, 1.54) is 12.1 Å². The molecular weight excluding hydrogens is 345 g/mol. The van der Waals surface area contributed by atoms with Crippen molar-refractivity contribution in [3.8, 4) is 5.75 Å². The lowest BCUT2D eigenvalue weighted by atomic mass is 10.0. The van der Waals surface area contributed by atoms with E-state index in [-0.39, 0.29) is 18.1 Å². The summed E-state index contributed by atoms with van der Waals surface area (Å²) in [7, 11) is 1.59. The molecule has 26 heavy (non-hydrogen) atoms. The van der Waals surface area contributed by atoms with Gasteiger partial charge >= 0.3 is 6.18 Å². The van der Waals surface area contributed by atoms with Crippen LogP contribution >= 0.6 is 0 Å². The molecule has 0 aliphatic carbocycles. The Labute approximate surface area is 149 Å². The van der Waals surface area contributed by atoms with Crippen LogP contribution in [0.4, 0.5) is 24.5 Å². The molecule has 2 aromatic rings. The van der Waals surface area contributed by atoms with Crippen LogP contribution in [0.2, 0.25) is 0 Å². The highest BCUT2D eigenvalue weighted by atomic mass is 19.4. The monoisotopic (exact) mass is 364 g/mol. The Hall–Kier alpha value is -2.70. The minimum Gasteiger partial charge on any atom is -0.497 e. The second-order valence-electron chi connectivity index (χ2n) is 6.08. The molecule has 0 aromatic heterocycles. The first-order valence-electron chi connectivity index (χ1n) is 8.27. The van der Waals surface area contributed by atoms with Gasteiger partial charge in [-0.2, -0.15) is 13.2 Å². The molecule has 138 valence electrons. The minimum atomic E-state index is -4.41. The van der Waals surface area contributed by atoms with E-state index in [0.717, 1.165) is 42.0 Å². The number of carbonyl (C=O) groups is 1. The number of nitrogens with zero attached hydrogens (tertiary/aromatic N) is 1. The number of halogens is 3. The van der Waals surface area contributed by atoms with Crippen molar-refractivity contribution in [1.82, 2.24) is 0 Å². The molecule has 3 rings (SSSR count). The first-order valence-corrected chi connectivity index (χ1v) is 8.27. The van der Waals surface area contributed by atoms with E-state index >= 15 is 0 Å². The number of ether oxygens (including phenoxy) is 1. The molecule has 0 radical (unpaired) electrons. The van der Waals surface area contributed by atoms with Crippen LogP contribution in [0.15, 0.2) is 42.5 Å². The van der Waals surface area contributed by atoms with E-state index in [2.05, 4.69) is 5.32 Å². The standard InChI is InChI=1S/C19H19F3N2O2/c1-26-16-7-8-17-13(10-16)4-3-9-24(17)18(25)12-23-15-6-2-5-14(11-15)19(20,21)22/h2,5-8,10-11,23H,3-4,9,12H2,1H3. The molecule has 1 aliphatic heterocycles. The average Bonchev–Trinajstić information content (AvgIpc) is 2.64. The van der Waals surface area contributed by atoms with Gasteiger partial charge in [0.1, 0.15) is 5.75 Å². The molecule has 1 aliphatic rings. The molecule has 4 nitrogen and oxygen atoms in total. The lowest BCUT2D eigenvalue weighted by Crippen LogP contribution is -2.39. The Morgan fingerprint density at radius 2 is 2.04 bits per heavy atom. The maximum atomic E-state index is 12.8. The van der Waals surface area contributed by atoms with Gasteiger partial charge in [-0.15, -0.1) is 0 Å². The first kappa shape index (κ1) is 18.1. The van der Waals surface area contributed by atoms with Crippen LogP contribution in [-0.2, 0) is 17.4 Å². The Kier molecular flexibility index (Phi) is 5.06. The highest BCUT2D eigenvalue weighted by Crippen LogP contribution is 2.32. The number of fused-ring (bicyclic) bond motifs is 1. The molecule has 0 saturated heterocycles. The number of anilines is 2. The fourth-order valence-corrected chi connectivity index (χ4v) is 3.04. The second kappa shape index (κ2) is 7.27. The SMILES string of the molecule is COc1ccc2c(c1)CCCN2C(=O)CNc1cccc(C(F)(F)F)c1. The average molecular weight is 364 g/mol. The van der Waals surface area contributed by atoms with Gasteiger partial charge in [-0.1, -0.05) is 6.07 Å². The highest BCUT2D eigenvalue weighted by molar-refractivity contribution is 5.97.